The molecule has 1 aliphatic rings. The molecule has 0 radical (unpaired) electrons. The lowest BCUT2D eigenvalue weighted by molar-refractivity contribution is -0.122. The Morgan fingerprint density at radius 3 is 2.62 bits per heavy atom. The molecule has 1 fully saturated rings. The number of nitrogens with one attached hydrogen (secondary N) is 2. The highest BCUT2D eigenvalue weighted by Crippen LogP contribution is 2.23. The third kappa shape index (κ3) is 4.33. The molecule has 0 aliphatic carbocycles. The van der Waals surface area contributed by atoms with Crippen molar-refractivity contribution in [3.63, 3.8) is 0 Å². The smallest absolute Gasteiger partial charge is 0.227 e. The average Bonchev–Trinajstić information content (AvgIpc) is 2.61. The first kappa shape index (κ1) is 16.9. The summed E-state index contributed by atoms with van der Waals surface area (Å²) in [5.74, 6) is 0.812. The van der Waals surface area contributed by atoms with E-state index in [0.717, 1.165) is 34.4 Å². The Bertz CT molecular complexity index is 713. The number of benzene rings is 1. The van der Waals surface area contributed by atoms with Crippen molar-refractivity contribution in [1.29, 1.82) is 0 Å². The summed E-state index contributed by atoms with van der Waals surface area (Å²) < 4.78 is 6.36. The second kappa shape index (κ2) is 7.77. The number of aromatic nitrogens is 1. The molecule has 1 aromatic carbocycles. The predicted octanol–water partition coefficient (Wildman–Crippen LogP) is 4.26. The van der Waals surface area contributed by atoms with Crippen LogP contribution in [-0.4, -0.2) is 24.1 Å². The van der Waals surface area contributed by atoms with E-state index in [1.54, 1.807) is 6.20 Å². The van der Waals surface area contributed by atoms with E-state index in [0.29, 0.717) is 18.9 Å². The fourth-order valence-corrected chi connectivity index (χ4v) is 2.86. The minimum absolute atomic E-state index is 0.0299. The highest BCUT2D eigenvalue weighted by molar-refractivity contribution is 9.10. The van der Waals surface area contributed by atoms with E-state index in [1.807, 2.05) is 37.3 Å². The van der Waals surface area contributed by atoms with Gasteiger partial charge in [0.1, 0.15) is 5.82 Å². The van der Waals surface area contributed by atoms with Gasteiger partial charge in [-0.15, -0.1) is 0 Å². The van der Waals surface area contributed by atoms with Crippen LogP contribution in [0.25, 0.3) is 0 Å². The molecule has 2 N–H and O–H groups in total. The van der Waals surface area contributed by atoms with Gasteiger partial charge in [0.25, 0.3) is 0 Å². The van der Waals surface area contributed by atoms with Gasteiger partial charge in [0.05, 0.1) is 11.9 Å². The lowest BCUT2D eigenvalue weighted by Crippen LogP contribution is -2.28. The van der Waals surface area contributed by atoms with Gasteiger partial charge in [-0.1, -0.05) is 15.9 Å². The summed E-state index contributed by atoms with van der Waals surface area (Å²) in [6.45, 7) is 3.36. The van der Waals surface area contributed by atoms with Crippen molar-refractivity contribution in [3.05, 3.63) is 46.6 Å². The SMILES string of the molecule is Cc1cc(Nc2ccc(NC(=O)C3CCOCC3)cn2)ccc1Br. The maximum atomic E-state index is 12.2. The minimum Gasteiger partial charge on any atom is -0.381 e. The van der Waals surface area contributed by atoms with E-state index in [2.05, 4.69) is 31.5 Å². The summed E-state index contributed by atoms with van der Waals surface area (Å²) >= 11 is 3.49. The number of hydrogen-bond acceptors (Lipinski definition) is 4. The Labute approximate surface area is 149 Å². The largest absolute Gasteiger partial charge is 0.381 e. The predicted molar refractivity (Wildman–Crippen MR) is 98.6 cm³/mol. The average molecular weight is 390 g/mol. The van der Waals surface area contributed by atoms with Gasteiger partial charge >= 0.3 is 0 Å². The van der Waals surface area contributed by atoms with Crippen LogP contribution >= 0.6 is 15.9 Å². The molecule has 3 rings (SSSR count). The molecule has 0 bridgehead atoms. The van der Waals surface area contributed by atoms with Crippen LogP contribution in [0, 0.1) is 12.8 Å². The van der Waals surface area contributed by atoms with Crippen molar-refractivity contribution in [2.75, 3.05) is 23.8 Å². The zero-order chi connectivity index (χ0) is 16.9. The molecule has 1 aromatic heterocycles. The van der Waals surface area contributed by atoms with Crippen molar-refractivity contribution in [1.82, 2.24) is 4.98 Å². The third-order valence-corrected chi connectivity index (χ3v) is 4.94. The van der Waals surface area contributed by atoms with Crippen LogP contribution in [0.5, 0.6) is 0 Å². The van der Waals surface area contributed by atoms with Crippen molar-refractivity contribution < 1.29 is 9.53 Å². The lowest BCUT2D eigenvalue weighted by atomic mass is 9.99. The quantitative estimate of drug-likeness (QED) is 0.819. The summed E-state index contributed by atoms with van der Waals surface area (Å²) in [5.41, 5.74) is 2.84. The molecular weight excluding hydrogens is 370 g/mol. The summed E-state index contributed by atoms with van der Waals surface area (Å²) in [6, 6.07) is 9.75. The van der Waals surface area contributed by atoms with E-state index in [4.69, 9.17) is 4.74 Å². The van der Waals surface area contributed by atoms with Crippen LogP contribution in [0.4, 0.5) is 17.2 Å². The molecule has 0 spiro atoms. The van der Waals surface area contributed by atoms with Crippen LogP contribution in [0.15, 0.2) is 41.0 Å². The number of ether oxygens (including phenoxy) is 1. The number of anilines is 3. The molecule has 1 aliphatic heterocycles. The number of pyridine rings is 1. The first-order valence-electron chi connectivity index (χ1n) is 7.99. The number of amides is 1. The van der Waals surface area contributed by atoms with E-state index in [-0.39, 0.29) is 11.8 Å². The van der Waals surface area contributed by atoms with E-state index >= 15 is 0 Å². The standard InChI is InChI=1S/C18H20BrN3O2/c1-12-10-14(2-4-16(12)19)21-17-5-3-15(11-20-17)22-18(23)13-6-8-24-9-7-13/h2-5,10-11,13H,6-9H2,1H3,(H,20,21)(H,22,23). The number of rotatable bonds is 4. The van der Waals surface area contributed by atoms with Gasteiger partial charge in [0.15, 0.2) is 0 Å². The van der Waals surface area contributed by atoms with Crippen molar-refractivity contribution in [3.8, 4) is 0 Å². The molecule has 24 heavy (non-hydrogen) atoms. The Hall–Kier alpha value is -1.92. The summed E-state index contributed by atoms with van der Waals surface area (Å²) in [6.07, 6.45) is 3.23. The molecule has 0 unspecified atom stereocenters. The van der Waals surface area contributed by atoms with Gasteiger partial charge < -0.3 is 15.4 Å². The Balaban J connectivity index is 1.60. The van der Waals surface area contributed by atoms with Gasteiger partial charge in [-0.25, -0.2) is 4.98 Å². The maximum absolute atomic E-state index is 12.2. The van der Waals surface area contributed by atoms with Crippen LogP contribution in [0.1, 0.15) is 18.4 Å². The van der Waals surface area contributed by atoms with E-state index in [1.165, 1.54) is 0 Å². The second-order valence-electron chi connectivity index (χ2n) is 5.90. The number of hydrogen-bond donors (Lipinski definition) is 2. The summed E-state index contributed by atoms with van der Waals surface area (Å²) in [7, 11) is 0. The Morgan fingerprint density at radius 2 is 1.96 bits per heavy atom. The van der Waals surface area contributed by atoms with Gasteiger partial charge in [-0.3, -0.25) is 4.79 Å². The zero-order valence-electron chi connectivity index (χ0n) is 13.5. The molecule has 2 heterocycles. The van der Waals surface area contributed by atoms with Gasteiger partial charge in [0.2, 0.25) is 5.91 Å². The van der Waals surface area contributed by atoms with Crippen molar-refractivity contribution >= 4 is 39.0 Å². The highest BCUT2D eigenvalue weighted by atomic mass is 79.9. The first-order chi connectivity index (χ1) is 11.6. The number of halogens is 1. The normalized spacial score (nSPS) is 15.1. The number of carbonyl (C=O) groups is 1. The first-order valence-corrected chi connectivity index (χ1v) is 8.79. The molecule has 0 atom stereocenters. The fraction of sp³-hybridized carbons (Fsp3) is 0.333. The molecule has 0 saturated carbocycles. The summed E-state index contributed by atoms with van der Waals surface area (Å²) in [5, 5.41) is 6.18. The summed E-state index contributed by atoms with van der Waals surface area (Å²) in [4.78, 5) is 16.6. The minimum atomic E-state index is 0.0299. The molecular formula is C18H20BrN3O2. The molecule has 2 aromatic rings. The zero-order valence-corrected chi connectivity index (χ0v) is 15.1. The van der Waals surface area contributed by atoms with E-state index in [9.17, 15) is 4.79 Å². The Morgan fingerprint density at radius 1 is 1.21 bits per heavy atom. The van der Waals surface area contributed by atoms with Gasteiger partial charge in [-0.05, 0) is 55.7 Å². The van der Waals surface area contributed by atoms with Crippen LogP contribution in [0.2, 0.25) is 0 Å². The van der Waals surface area contributed by atoms with Crippen molar-refractivity contribution in [2.24, 2.45) is 5.92 Å². The molecule has 126 valence electrons. The van der Waals surface area contributed by atoms with Gasteiger partial charge in [0, 0.05) is 29.3 Å². The maximum Gasteiger partial charge on any atom is 0.227 e. The molecule has 1 amide bonds. The number of carbonyl (C=O) groups excluding carboxylic acids is 1. The fourth-order valence-electron chi connectivity index (χ4n) is 2.62. The number of aryl methyl sites for hydroxylation is 1. The lowest BCUT2D eigenvalue weighted by Gasteiger charge is -2.21. The molecule has 1 saturated heterocycles. The van der Waals surface area contributed by atoms with Crippen LogP contribution in [0.3, 0.4) is 0 Å². The number of nitrogens with zero attached hydrogens (tertiary/aromatic N) is 1. The third-order valence-electron chi connectivity index (χ3n) is 4.05. The monoisotopic (exact) mass is 389 g/mol. The van der Waals surface area contributed by atoms with Crippen LogP contribution < -0.4 is 10.6 Å². The van der Waals surface area contributed by atoms with E-state index < -0.39 is 0 Å². The molecule has 6 heteroatoms. The van der Waals surface area contributed by atoms with Crippen molar-refractivity contribution in [2.45, 2.75) is 19.8 Å². The second-order valence-corrected chi connectivity index (χ2v) is 6.75. The Kier molecular flexibility index (Phi) is 5.48. The van der Waals surface area contributed by atoms with Crippen LogP contribution in [-0.2, 0) is 9.53 Å². The van der Waals surface area contributed by atoms with Gasteiger partial charge in [-0.2, -0.15) is 0 Å². The topological polar surface area (TPSA) is 63.2 Å². The molecule has 5 nitrogen and oxygen atoms in total. The highest BCUT2D eigenvalue weighted by Gasteiger charge is 2.21.